The van der Waals surface area contributed by atoms with Gasteiger partial charge in [0.25, 0.3) is 0 Å². The lowest BCUT2D eigenvalue weighted by atomic mass is 10.2. The van der Waals surface area contributed by atoms with Crippen LogP contribution in [0.1, 0.15) is 11.4 Å². The molecule has 20 heavy (non-hydrogen) atoms. The predicted molar refractivity (Wildman–Crippen MR) is 65.5 cm³/mol. The first kappa shape index (κ1) is 14.8. The molecule has 0 spiro atoms. The number of nitrogens with one attached hydrogen (secondary N) is 2. The number of rotatable bonds is 5. The molecule has 0 radical (unpaired) electrons. The third-order valence-electron chi connectivity index (χ3n) is 2.37. The van der Waals surface area contributed by atoms with Gasteiger partial charge in [0.05, 0.1) is 23.1 Å². The van der Waals surface area contributed by atoms with Crippen molar-refractivity contribution in [3.8, 4) is 0 Å². The molecule has 1 aromatic heterocycles. The molecule has 2 rings (SSSR count). The molecule has 3 N–H and O–H groups in total. The van der Waals surface area contributed by atoms with Gasteiger partial charge in [-0.3, -0.25) is 0 Å². The van der Waals surface area contributed by atoms with Crippen LogP contribution < -0.4 is 4.72 Å². The van der Waals surface area contributed by atoms with Crippen LogP contribution in [0.4, 0.5) is 4.39 Å². The van der Waals surface area contributed by atoms with E-state index in [1.165, 1.54) is 0 Å². The van der Waals surface area contributed by atoms with Crippen molar-refractivity contribution in [2.75, 3.05) is 0 Å². The Morgan fingerprint density at radius 2 is 2.20 bits per heavy atom. The Morgan fingerprint density at radius 3 is 2.80 bits per heavy atom. The molecule has 2 aromatic rings. The van der Waals surface area contributed by atoms with Crippen LogP contribution in [0.3, 0.4) is 0 Å². The molecule has 0 saturated carbocycles. The average molecular weight is 322 g/mol. The summed E-state index contributed by atoms with van der Waals surface area (Å²) in [5.41, 5.74) is -0.0217. The molecule has 0 aliphatic rings. The molecule has 0 saturated heterocycles. The Kier molecular flexibility index (Phi) is 4.28. The number of aliphatic hydroxyl groups is 1. The number of nitrogens with zero attached hydrogens (tertiary/aromatic N) is 3. The van der Waals surface area contributed by atoms with E-state index in [1.807, 2.05) is 0 Å². The molecule has 0 bridgehead atoms. The summed E-state index contributed by atoms with van der Waals surface area (Å²) in [6.45, 7) is -0.790. The fourth-order valence-electron chi connectivity index (χ4n) is 1.39. The van der Waals surface area contributed by atoms with E-state index in [1.54, 1.807) is 0 Å². The highest BCUT2D eigenvalue weighted by molar-refractivity contribution is 7.89. The number of benzene rings is 1. The van der Waals surface area contributed by atoms with Crippen LogP contribution in [0.15, 0.2) is 17.0 Å². The molecule has 8 nitrogen and oxygen atoms in total. The van der Waals surface area contributed by atoms with Crippen molar-refractivity contribution in [3.05, 3.63) is 34.4 Å². The second-order valence-corrected chi connectivity index (χ2v) is 5.83. The van der Waals surface area contributed by atoms with Gasteiger partial charge in [0.1, 0.15) is 5.82 Å². The minimum Gasteiger partial charge on any atom is -0.392 e. The molecule has 0 fully saturated rings. The number of hydrogen-bond donors (Lipinski definition) is 3. The monoisotopic (exact) mass is 321 g/mol. The predicted octanol–water partition coefficient (Wildman–Crippen LogP) is -0.0370. The summed E-state index contributed by atoms with van der Waals surface area (Å²) in [5.74, 6) is -0.802. The highest BCUT2D eigenvalue weighted by Gasteiger charge is 2.19. The number of aliphatic hydroxyl groups excluding tert-OH is 1. The van der Waals surface area contributed by atoms with Gasteiger partial charge in [-0.15, -0.1) is 10.2 Å². The summed E-state index contributed by atoms with van der Waals surface area (Å²) in [4.78, 5) is -0.355. The van der Waals surface area contributed by atoms with Gasteiger partial charge in [-0.1, -0.05) is 16.8 Å². The number of hydrogen-bond acceptors (Lipinski definition) is 6. The van der Waals surface area contributed by atoms with Gasteiger partial charge in [-0.25, -0.2) is 17.5 Å². The van der Waals surface area contributed by atoms with Crippen LogP contribution in [0, 0.1) is 5.82 Å². The Balaban J connectivity index is 2.27. The van der Waals surface area contributed by atoms with Crippen molar-refractivity contribution in [3.63, 3.8) is 0 Å². The quantitative estimate of drug-likeness (QED) is 0.710. The summed E-state index contributed by atoms with van der Waals surface area (Å²) in [6, 6.07) is 1.85. The van der Waals surface area contributed by atoms with Gasteiger partial charge in [-0.05, 0) is 12.1 Å². The Hall–Kier alpha value is -1.62. The van der Waals surface area contributed by atoms with Gasteiger partial charge < -0.3 is 5.11 Å². The van der Waals surface area contributed by atoms with Gasteiger partial charge in [-0.2, -0.15) is 5.21 Å². The van der Waals surface area contributed by atoms with Crippen molar-refractivity contribution in [2.24, 2.45) is 0 Å². The minimum absolute atomic E-state index is 0.0217. The molecule has 0 amide bonds. The van der Waals surface area contributed by atoms with E-state index >= 15 is 0 Å². The highest BCUT2D eigenvalue weighted by Crippen LogP contribution is 2.24. The zero-order valence-electron chi connectivity index (χ0n) is 9.84. The van der Waals surface area contributed by atoms with E-state index in [0.717, 1.165) is 12.1 Å². The third kappa shape index (κ3) is 3.10. The number of halogens is 2. The number of aromatic nitrogens is 4. The van der Waals surface area contributed by atoms with Gasteiger partial charge in [0.2, 0.25) is 10.0 Å². The first-order valence-electron chi connectivity index (χ1n) is 5.25. The average Bonchev–Trinajstić information content (AvgIpc) is 2.92. The molecular formula is C9H9ClFN5O3S. The third-order valence-corrected chi connectivity index (χ3v) is 4.17. The summed E-state index contributed by atoms with van der Waals surface area (Å²) in [6.07, 6.45) is 0. The van der Waals surface area contributed by atoms with Crippen LogP contribution in [-0.2, 0) is 23.2 Å². The normalized spacial score (nSPS) is 11.8. The van der Waals surface area contributed by atoms with Crippen LogP contribution in [-0.4, -0.2) is 34.1 Å². The topological polar surface area (TPSA) is 121 Å². The SMILES string of the molecule is O=S(=O)(NCc1nn[nH]n1)c1cc(F)c(Cl)c(CO)c1. The molecule has 1 aromatic carbocycles. The highest BCUT2D eigenvalue weighted by atomic mass is 35.5. The number of sulfonamides is 1. The lowest BCUT2D eigenvalue weighted by Gasteiger charge is -2.08. The molecule has 0 aliphatic heterocycles. The van der Waals surface area contributed by atoms with Gasteiger partial charge in [0, 0.05) is 5.56 Å². The molecular weight excluding hydrogens is 313 g/mol. The fourth-order valence-corrected chi connectivity index (χ4v) is 2.60. The van der Waals surface area contributed by atoms with Crippen LogP contribution in [0.2, 0.25) is 5.02 Å². The lowest BCUT2D eigenvalue weighted by Crippen LogP contribution is -2.24. The Labute approximate surface area is 118 Å². The summed E-state index contributed by atoms with van der Waals surface area (Å²) < 4.78 is 39.6. The molecule has 0 aliphatic carbocycles. The minimum atomic E-state index is -3.99. The first-order valence-corrected chi connectivity index (χ1v) is 7.11. The van der Waals surface area contributed by atoms with E-state index in [2.05, 4.69) is 25.3 Å². The van der Waals surface area contributed by atoms with Crippen molar-refractivity contribution >= 4 is 21.6 Å². The number of aromatic amines is 1. The summed E-state index contributed by atoms with van der Waals surface area (Å²) in [7, 11) is -3.99. The Morgan fingerprint density at radius 1 is 1.45 bits per heavy atom. The maximum Gasteiger partial charge on any atom is 0.241 e. The van der Waals surface area contributed by atoms with Crippen LogP contribution in [0.25, 0.3) is 0 Å². The second kappa shape index (κ2) is 5.79. The summed E-state index contributed by atoms with van der Waals surface area (Å²) >= 11 is 5.59. The standard InChI is InChI=1S/C9H9ClFN5O3S/c10-9-5(4-17)1-6(2-7(9)11)20(18,19)12-3-8-13-15-16-14-8/h1-2,12,17H,3-4H2,(H,13,14,15,16). The molecule has 11 heteroatoms. The van der Waals surface area contributed by atoms with Crippen LogP contribution >= 0.6 is 11.6 Å². The zero-order valence-corrected chi connectivity index (χ0v) is 11.4. The van der Waals surface area contributed by atoms with Crippen molar-refractivity contribution in [1.82, 2.24) is 25.3 Å². The van der Waals surface area contributed by atoms with E-state index in [9.17, 15) is 12.8 Å². The molecule has 108 valence electrons. The maximum atomic E-state index is 13.5. The Bertz CT molecular complexity index is 707. The van der Waals surface area contributed by atoms with Gasteiger partial charge >= 0.3 is 0 Å². The second-order valence-electron chi connectivity index (χ2n) is 3.69. The lowest BCUT2D eigenvalue weighted by molar-refractivity contribution is 0.281. The van der Waals surface area contributed by atoms with E-state index in [4.69, 9.17) is 16.7 Å². The fraction of sp³-hybridized carbons (Fsp3) is 0.222. The molecule has 0 atom stereocenters. The first-order chi connectivity index (χ1) is 9.44. The molecule has 0 unspecified atom stereocenters. The summed E-state index contributed by atoms with van der Waals surface area (Å²) in [5, 5.41) is 21.3. The zero-order chi connectivity index (χ0) is 14.8. The van der Waals surface area contributed by atoms with Crippen molar-refractivity contribution in [2.45, 2.75) is 18.0 Å². The van der Waals surface area contributed by atoms with E-state index in [0.29, 0.717) is 0 Å². The van der Waals surface area contributed by atoms with Crippen molar-refractivity contribution in [1.29, 1.82) is 0 Å². The van der Waals surface area contributed by atoms with Gasteiger partial charge in [0.15, 0.2) is 5.82 Å². The van der Waals surface area contributed by atoms with E-state index in [-0.39, 0.29) is 27.9 Å². The largest absolute Gasteiger partial charge is 0.392 e. The number of tetrazole rings is 1. The smallest absolute Gasteiger partial charge is 0.241 e. The maximum absolute atomic E-state index is 13.5. The molecule has 1 heterocycles. The number of H-pyrrole nitrogens is 1. The van der Waals surface area contributed by atoms with Crippen LogP contribution in [0.5, 0.6) is 0 Å². The van der Waals surface area contributed by atoms with Crippen molar-refractivity contribution < 1.29 is 17.9 Å². The van der Waals surface area contributed by atoms with E-state index < -0.39 is 22.4 Å².